The van der Waals surface area contributed by atoms with Crippen LogP contribution in [-0.2, 0) is 6.42 Å². The molecule has 19 heavy (non-hydrogen) atoms. The molecule has 4 nitrogen and oxygen atoms in total. The average molecular weight is 261 g/mol. The van der Waals surface area contributed by atoms with Crippen LogP contribution in [-0.4, -0.2) is 36.6 Å². The van der Waals surface area contributed by atoms with E-state index in [0.29, 0.717) is 5.92 Å². The monoisotopic (exact) mass is 261 g/mol. The van der Waals surface area contributed by atoms with Crippen LogP contribution in [0.25, 0.3) is 11.1 Å². The van der Waals surface area contributed by atoms with Gasteiger partial charge in [0.05, 0.1) is 0 Å². The van der Waals surface area contributed by atoms with Gasteiger partial charge in [-0.05, 0) is 56.6 Å². The Hall–Kier alpha value is -1.39. The Balaban J connectivity index is 1.80. The molecule has 0 amide bonds. The highest BCUT2D eigenvalue weighted by molar-refractivity contribution is 5.72. The molecule has 0 saturated carbocycles. The van der Waals surface area contributed by atoms with Gasteiger partial charge in [0, 0.05) is 6.54 Å². The molecule has 1 unspecified atom stereocenters. The van der Waals surface area contributed by atoms with Gasteiger partial charge >= 0.3 is 0 Å². The Labute approximate surface area is 114 Å². The first-order chi connectivity index (χ1) is 9.19. The third kappa shape index (κ3) is 4.04. The first kappa shape index (κ1) is 14.0. The van der Waals surface area contributed by atoms with Crippen LogP contribution in [0.2, 0.25) is 0 Å². The lowest BCUT2D eigenvalue weighted by Gasteiger charge is -2.18. The van der Waals surface area contributed by atoms with Crippen LogP contribution in [0.3, 0.4) is 0 Å². The van der Waals surface area contributed by atoms with E-state index < -0.39 is 0 Å². The summed E-state index contributed by atoms with van der Waals surface area (Å²) in [5, 5.41) is 0. The number of oxazole rings is 1. The fourth-order valence-electron chi connectivity index (χ4n) is 2.05. The largest absolute Gasteiger partial charge is 0.443 e. The Bertz CT molecular complexity index is 509. The molecule has 0 fully saturated rings. The fraction of sp³-hybridized carbons (Fsp3) is 0.533. The van der Waals surface area contributed by atoms with Gasteiger partial charge < -0.3 is 15.1 Å². The number of nitrogens with zero attached hydrogens (tertiary/aromatic N) is 2. The maximum Gasteiger partial charge on any atom is 0.181 e. The Kier molecular flexibility index (Phi) is 4.93. The van der Waals surface area contributed by atoms with Crippen LogP contribution in [0.4, 0.5) is 0 Å². The van der Waals surface area contributed by atoms with E-state index in [2.05, 4.69) is 36.0 Å². The average Bonchev–Trinajstić information content (AvgIpc) is 2.89. The molecule has 0 bridgehead atoms. The molecule has 0 aliphatic heterocycles. The number of aromatic nitrogens is 1. The Morgan fingerprint density at radius 2 is 2.21 bits per heavy atom. The molecule has 1 aromatic heterocycles. The maximum absolute atomic E-state index is 5.63. The van der Waals surface area contributed by atoms with Gasteiger partial charge in [0.25, 0.3) is 0 Å². The predicted molar refractivity (Wildman–Crippen MR) is 78.0 cm³/mol. The minimum atomic E-state index is 0.605. The van der Waals surface area contributed by atoms with Crippen molar-refractivity contribution in [2.24, 2.45) is 11.7 Å². The van der Waals surface area contributed by atoms with Gasteiger partial charge in [0.15, 0.2) is 12.0 Å². The second-order valence-corrected chi connectivity index (χ2v) is 5.34. The van der Waals surface area contributed by atoms with E-state index in [1.54, 1.807) is 0 Å². The van der Waals surface area contributed by atoms with E-state index in [1.807, 2.05) is 6.07 Å². The molecule has 2 N–H and O–H groups in total. The number of hydrogen-bond acceptors (Lipinski definition) is 4. The lowest BCUT2D eigenvalue weighted by molar-refractivity contribution is 0.310. The minimum Gasteiger partial charge on any atom is -0.443 e. The Morgan fingerprint density at radius 1 is 1.37 bits per heavy atom. The van der Waals surface area contributed by atoms with Crippen molar-refractivity contribution in [3.8, 4) is 0 Å². The summed E-state index contributed by atoms with van der Waals surface area (Å²) in [6.45, 7) is 5.13. The predicted octanol–water partition coefficient (Wildman–Crippen LogP) is 2.29. The normalized spacial score (nSPS) is 13.3. The number of fused-ring (bicyclic) bond motifs is 1. The number of hydrogen-bond donors (Lipinski definition) is 1. The lowest BCUT2D eigenvalue weighted by atomic mass is 10.1. The van der Waals surface area contributed by atoms with Crippen molar-refractivity contribution in [1.29, 1.82) is 0 Å². The van der Waals surface area contributed by atoms with Gasteiger partial charge in [-0.3, -0.25) is 0 Å². The van der Waals surface area contributed by atoms with Gasteiger partial charge in [-0.15, -0.1) is 0 Å². The second-order valence-electron chi connectivity index (χ2n) is 5.34. The second kappa shape index (κ2) is 6.68. The van der Waals surface area contributed by atoms with Crippen LogP contribution >= 0.6 is 0 Å². The molecule has 1 atom stereocenters. The van der Waals surface area contributed by atoms with E-state index >= 15 is 0 Å². The zero-order valence-electron chi connectivity index (χ0n) is 11.8. The summed E-state index contributed by atoms with van der Waals surface area (Å²) in [6, 6.07) is 6.23. The van der Waals surface area contributed by atoms with E-state index in [9.17, 15) is 0 Å². The standard InChI is InChI=1S/C15H23N3O/c1-12(10-16)5-7-18(2)8-6-13-3-4-14-15(9-13)19-11-17-14/h3-4,9,11-12H,5-8,10,16H2,1-2H3. The highest BCUT2D eigenvalue weighted by Crippen LogP contribution is 2.14. The molecule has 104 valence electrons. The van der Waals surface area contributed by atoms with Crippen molar-refractivity contribution in [3.05, 3.63) is 30.2 Å². The first-order valence-corrected chi connectivity index (χ1v) is 6.89. The number of benzene rings is 1. The molecule has 0 spiro atoms. The van der Waals surface area contributed by atoms with E-state index in [4.69, 9.17) is 10.2 Å². The summed E-state index contributed by atoms with van der Waals surface area (Å²) in [7, 11) is 2.16. The summed E-state index contributed by atoms with van der Waals surface area (Å²) in [5.41, 5.74) is 8.72. The van der Waals surface area contributed by atoms with Crippen molar-refractivity contribution in [1.82, 2.24) is 9.88 Å². The summed E-state index contributed by atoms with van der Waals surface area (Å²) in [5.74, 6) is 0.605. The highest BCUT2D eigenvalue weighted by Gasteiger charge is 2.05. The smallest absolute Gasteiger partial charge is 0.181 e. The van der Waals surface area contributed by atoms with Crippen molar-refractivity contribution in [3.63, 3.8) is 0 Å². The maximum atomic E-state index is 5.63. The van der Waals surface area contributed by atoms with E-state index in [1.165, 1.54) is 12.0 Å². The zero-order valence-corrected chi connectivity index (χ0v) is 11.8. The van der Waals surface area contributed by atoms with Crippen molar-refractivity contribution in [2.45, 2.75) is 19.8 Å². The van der Waals surface area contributed by atoms with Crippen LogP contribution < -0.4 is 5.73 Å². The topological polar surface area (TPSA) is 55.3 Å². The number of nitrogens with two attached hydrogens (primary N) is 1. The van der Waals surface area contributed by atoms with Gasteiger partial charge in [-0.25, -0.2) is 4.98 Å². The Morgan fingerprint density at radius 3 is 3.00 bits per heavy atom. The molecular weight excluding hydrogens is 238 g/mol. The van der Waals surface area contributed by atoms with E-state index in [0.717, 1.165) is 43.6 Å². The van der Waals surface area contributed by atoms with Crippen molar-refractivity contribution < 1.29 is 4.42 Å². The summed E-state index contributed by atoms with van der Waals surface area (Å²) >= 11 is 0. The third-order valence-corrected chi connectivity index (χ3v) is 3.58. The van der Waals surface area contributed by atoms with Crippen LogP contribution in [0.1, 0.15) is 18.9 Å². The molecule has 0 radical (unpaired) electrons. The SMILES string of the molecule is CC(CN)CCN(C)CCc1ccc2ncoc2c1. The fourth-order valence-corrected chi connectivity index (χ4v) is 2.05. The van der Waals surface area contributed by atoms with Gasteiger partial charge in [0.2, 0.25) is 0 Å². The minimum absolute atomic E-state index is 0.605. The van der Waals surface area contributed by atoms with Crippen molar-refractivity contribution >= 4 is 11.1 Å². The van der Waals surface area contributed by atoms with Crippen LogP contribution in [0, 0.1) is 5.92 Å². The zero-order chi connectivity index (χ0) is 13.7. The lowest BCUT2D eigenvalue weighted by Crippen LogP contribution is -2.25. The van der Waals surface area contributed by atoms with Crippen LogP contribution in [0.5, 0.6) is 0 Å². The molecule has 1 aromatic carbocycles. The van der Waals surface area contributed by atoms with Gasteiger partial charge in [-0.1, -0.05) is 13.0 Å². The molecule has 0 aliphatic rings. The van der Waals surface area contributed by atoms with Crippen LogP contribution in [0.15, 0.2) is 29.0 Å². The number of rotatable bonds is 7. The molecule has 0 aliphatic carbocycles. The molecule has 0 saturated heterocycles. The molecular formula is C15H23N3O. The quantitative estimate of drug-likeness (QED) is 0.831. The summed E-state index contributed by atoms with van der Waals surface area (Å²) < 4.78 is 5.32. The third-order valence-electron chi connectivity index (χ3n) is 3.58. The van der Waals surface area contributed by atoms with Crippen molar-refractivity contribution in [2.75, 3.05) is 26.7 Å². The molecule has 4 heteroatoms. The summed E-state index contributed by atoms with van der Waals surface area (Å²) in [4.78, 5) is 6.48. The van der Waals surface area contributed by atoms with E-state index in [-0.39, 0.29) is 0 Å². The van der Waals surface area contributed by atoms with Gasteiger partial charge in [0.1, 0.15) is 5.52 Å². The molecule has 2 aromatic rings. The summed E-state index contributed by atoms with van der Waals surface area (Å²) in [6.07, 6.45) is 3.69. The number of likely N-dealkylation sites (N-methyl/N-ethyl adjacent to an activating group) is 1. The highest BCUT2D eigenvalue weighted by atomic mass is 16.3. The first-order valence-electron chi connectivity index (χ1n) is 6.89. The molecule has 2 rings (SSSR count). The molecule has 1 heterocycles. The van der Waals surface area contributed by atoms with Gasteiger partial charge in [-0.2, -0.15) is 0 Å².